The van der Waals surface area contributed by atoms with E-state index in [1.807, 2.05) is 0 Å². The molecule has 1 aliphatic carbocycles. The van der Waals surface area contributed by atoms with Crippen molar-refractivity contribution in [3.8, 4) is 34.5 Å². The fourth-order valence-electron chi connectivity index (χ4n) is 9.01. The number of phenols is 6. The lowest BCUT2D eigenvalue weighted by atomic mass is 10.1. The minimum Gasteiger partial charge on any atom is -0.504 e. The summed E-state index contributed by atoms with van der Waals surface area (Å²) in [6.45, 7) is -1.98. The largest absolute Gasteiger partial charge is 0.504 e. The number of anilines is 1. The fraction of sp³-hybridized carbons (Fsp3) is 0.333. The lowest BCUT2D eigenvalue weighted by Gasteiger charge is -2.36. The first-order valence-corrected chi connectivity index (χ1v) is 25.5. The molecule has 5 amide bonds. The Bertz CT molecular complexity index is 3400. The molecule has 2 aliphatic heterocycles. The smallest absolute Gasteiger partial charge is 0.341 e. The Kier molecular flexibility index (Phi) is 17.6. The van der Waals surface area contributed by atoms with E-state index in [2.05, 4.69) is 21.3 Å². The molecule has 27 nitrogen and oxygen atoms in total. The number of aromatic hydroxyl groups is 6. The summed E-state index contributed by atoms with van der Waals surface area (Å²) in [5, 5.41) is 80.3. The number of rotatable bonds is 16. The standard InChI is InChI=1S/C54H54FN7O20/c55-33-20-30-37(62(27-11-12-27)22-32(43(30)67)51(75)76)21-38(33)60-14-16-61(17-15-60)42(66)10-2-1-3-13-56-47(71)26-18-31(46(70)41(65)19-26)50(74)59-36-25-82-53(78)34(57-48(72)28-6-4-8-39(63)44(28)68)23-80-52(77)35(24-81-54(36)79)58-49(73)29-7-5-9-40(64)45(29)69/h4-9,18-22,27,34-36,63-65,68-70H,1-3,10-17,23-25H2,(H,56,71)(H,57,72)(H,58,73)(H,59,74)(H,75,76). The summed E-state index contributed by atoms with van der Waals surface area (Å²) in [4.78, 5) is 135. The van der Waals surface area contributed by atoms with Gasteiger partial charge >= 0.3 is 23.9 Å². The van der Waals surface area contributed by atoms with Crippen LogP contribution < -0.4 is 31.6 Å². The number of carbonyl (C=O) groups excluding carboxylic acids is 8. The monoisotopic (exact) mass is 1140 g/mol. The van der Waals surface area contributed by atoms with Crippen molar-refractivity contribution in [3.05, 3.63) is 111 Å². The van der Waals surface area contributed by atoms with E-state index >= 15 is 4.39 Å². The van der Waals surface area contributed by atoms with Crippen molar-refractivity contribution >= 4 is 70.0 Å². The van der Waals surface area contributed by atoms with Gasteiger partial charge in [-0.1, -0.05) is 18.6 Å². The number of hydrogen-bond acceptors (Lipinski definition) is 20. The summed E-state index contributed by atoms with van der Waals surface area (Å²) in [6, 6.07) is 4.99. The number of carbonyl (C=O) groups is 9. The normalized spacial score (nSPS) is 17.7. The van der Waals surface area contributed by atoms with Crippen LogP contribution in [0.4, 0.5) is 10.1 Å². The van der Waals surface area contributed by atoms with Gasteiger partial charge in [0, 0.05) is 62.3 Å². The Balaban J connectivity index is 0.860. The molecule has 1 aromatic heterocycles. The van der Waals surface area contributed by atoms with Gasteiger partial charge in [-0.2, -0.15) is 0 Å². The van der Waals surface area contributed by atoms with Crippen LogP contribution in [0.2, 0.25) is 0 Å². The Morgan fingerprint density at radius 2 is 1.10 bits per heavy atom. The number of esters is 3. The number of nitrogens with zero attached hydrogens (tertiary/aromatic N) is 3. The van der Waals surface area contributed by atoms with Crippen molar-refractivity contribution in [3.63, 3.8) is 0 Å². The second kappa shape index (κ2) is 24.9. The summed E-state index contributed by atoms with van der Waals surface area (Å²) < 4.78 is 32.8. The number of cyclic esters (lactones) is 3. The minimum absolute atomic E-state index is 0.00240. The van der Waals surface area contributed by atoms with Crippen LogP contribution in [-0.4, -0.2) is 169 Å². The molecule has 5 aromatic rings. The SMILES string of the molecule is O=C(NCCCCCC(=O)N1CCN(c2cc3c(cc2F)c(=O)c(C(=O)O)cn3C2CC2)CC1)c1cc(O)c(O)c(C(=O)NC2COC(=O)C(NC(=O)c3cccc(O)c3O)COC(=O)C(NC(=O)c3cccc(O)c3O)COC2=O)c1. The number of aromatic nitrogens is 1. The lowest BCUT2D eigenvalue weighted by Crippen LogP contribution is -2.52. The highest BCUT2D eigenvalue weighted by atomic mass is 19.1. The number of para-hydroxylation sites is 2. The number of nitrogens with one attached hydrogen (secondary N) is 4. The number of unbranched alkanes of at least 4 members (excludes halogenated alkanes) is 2. The van der Waals surface area contributed by atoms with Crippen molar-refractivity contribution in [2.24, 2.45) is 0 Å². The number of phenolic OH excluding ortho intramolecular Hbond substituents is 6. The highest BCUT2D eigenvalue weighted by Crippen LogP contribution is 2.39. The average molecular weight is 1140 g/mol. The van der Waals surface area contributed by atoms with Gasteiger partial charge < -0.3 is 85.6 Å². The highest BCUT2D eigenvalue weighted by Gasteiger charge is 2.36. The Hall–Kier alpha value is -10.2. The minimum atomic E-state index is -2.03. The summed E-state index contributed by atoms with van der Waals surface area (Å²) in [6.07, 6.45) is 4.32. The molecule has 0 radical (unpaired) electrons. The van der Waals surface area contributed by atoms with Gasteiger partial charge in [0.05, 0.1) is 27.9 Å². The van der Waals surface area contributed by atoms with E-state index in [0.29, 0.717) is 37.9 Å². The molecule has 82 heavy (non-hydrogen) atoms. The first kappa shape index (κ1) is 58.0. The molecule has 3 atom stereocenters. The number of ether oxygens (including phenoxy) is 3. The summed E-state index contributed by atoms with van der Waals surface area (Å²) in [5.41, 5.74) is -2.76. The molecular weight excluding hydrogens is 1090 g/mol. The highest BCUT2D eigenvalue weighted by molar-refractivity contribution is 6.04. The summed E-state index contributed by atoms with van der Waals surface area (Å²) in [5.74, 6) is -16.3. The zero-order valence-electron chi connectivity index (χ0n) is 43.2. The molecule has 2 saturated heterocycles. The van der Waals surface area contributed by atoms with E-state index in [1.54, 1.807) is 20.4 Å². The quantitative estimate of drug-likeness (QED) is 0.0288. The molecule has 3 unspecified atom stereocenters. The number of carboxylic acid groups (broad SMARTS) is 1. The van der Waals surface area contributed by atoms with Gasteiger partial charge in [0.2, 0.25) is 11.3 Å². The van der Waals surface area contributed by atoms with Crippen LogP contribution in [-0.2, 0) is 33.4 Å². The number of piperazine rings is 1. The van der Waals surface area contributed by atoms with Gasteiger partial charge in [-0.05, 0) is 74.2 Å². The first-order chi connectivity index (χ1) is 39.1. The number of amides is 5. The Morgan fingerprint density at radius 1 is 0.585 bits per heavy atom. The molecule has 11 N–H and O–H groups in total. The van der Waals surface area contributed by atoms with Crippen molar-refractivity contribution in [1.29, 1.82) is 0 Å². The Morgan fingerprint density at radius 3 is 1.61 bits per heavy atom. The van der Waals surface area contributed by atoms with Crippen LogP contribution in [0.3, 0.4) is 0 Å². The number of pyridine rings is 1. The van der Waals surface area contributed by atoms with Crippen LogP contribution in [0.15, 0.2) is 71.7 Å². The third-order valence-corrected chi connectivity index (χ3v) is 13.7. The molecule has 4 aromatic carbocycles. The van der Waals surface area contributed by atoms with E-state index in [9.17, 15) is 83.7 Å². The zero-order chi connectivity index (χ0) is 59.1. The van der Waals surface area contributed by atoms with E-state index in [-0.39, 0.29) is 54.6 Å². The predicted octanol–water partition coefficient (Wildman–Crippen LogP) is 1.39. The number of carboxylic acids is 1. The Labute approximate surface area is 462 Å². The van der Waals surface area contributed by atoms with Gasteiger partial charge in [-0.15, -0.1) is 0 Å². The van der Waals surface area contributed by atoms with Gasteiger partial charge in [-0.3, -0.25) is 28.8 Å². The average Bonchev–Trinajstić information content (AvgIpc) is 3.21. The summed E-state index contributed by atoms with van der Waals surface area (Å²) in [7, 11) is 0. The van der Waals surface area contributed by atoms with Gasteiger partial charge in [0.1, 0.15) is 31.2 Å². The molecule has 3 aliphatic rings. The van der Waals surface area contributed by atoms with Crippen molar-refractivity contribution in [2.75, 3.05) is 57.4 Å². The second-order valence-electron chi connectivity index (χ2n) is 19.3. The maximum Gasteiger partial charge on any atom is 0.341 e. The molecule has 0 spiro atoms. The maximum absolute atomic E-state index is 15.5. The zero-order valence-corrected chi connectivity index (χ0v) is 43.2. The first-order valence-electron chi connectivity index (χ1n) is 25.5. The third kappa shape index (κ3) is 13.1. The number of benzene rings is 4. The molecule has 1 saturated carbocycles. The van der Waals surface area contributed by atoms with Gasteiger partial charge in [0.25, 0.3) is 23.6 Å². The molecule has 8 rings (SSSR count). The van der Waals surface area contributed by atoms with Crippen LogP contribution in [0.1, 0.15) is 96.4 Å². The van der Waals surface area contributed by atoms with E-state index in [0.717, 1.165) is 55.3 Å². The van der Waals surface area contributed by atoms with Crippen LogP contribution in [0.5, 0.6) is 34.5 Å². The van der Waals surface area contributed by atoms with Crippen LogP contribution >= 0.6 is 0 Å². The molecule has 3 fully saturated rings. The fourth-order valence-corrected chi connectivity index (χ4v) is 9.01. The molecule has 3 heterocycles. The van der Waals surface area contributed by atoms with Crippen LogP contribution in [0, 0.1) is 5.82 Å². The molecule has 432 valence electrons. The number of aromatic carboxylic acids is 1. The van der Waals surface area contributed by atoms with E-state index < -0.39 is 153 Å². The maximum atomic E-state index is 15.5. The lowest BCUT2D eigenvalue weighted by molar-refractivity contribution is -0.160. The van der Waals surface area contributed by atoms with Gasteiger partial charge in [0.15, 0.2) is 52.6 Å². The third-order valence-electron chi connectivity index (χ3n) is 13.7. The molecule has 28 heteroatoms. The number of hydrogen-bond donors (Lipinski definition) is 11. The van der Waals surface area contributed by atoms with Crippen molar-refractivity contribution in [2.45, 2.75) is 62.7 Å². The number of halogens is 1. The topological polar surface area (TPSA) is 400 Å². The number of fused-ring (bicyclic) bond motifs is 1. The van der Waals surface area contributed by atoms with E-state index in [1.165, 1.54) is 18.3 Å². The molecule has 0 bridgehead atoms. The van der Waals surface area contributed by atoms with E-state index in [4.69, 9.17) is 14.2 Å². The van der Waals surface area contributed by atoms with Crippen LogP contribution in [0.25, 0.3) is 10.9 Å². The second-order valence-corrected chi connectivity index (χ2v) is 19.3. The summed E-state index contributed by atoms with van der Waals surface area (Å²) >= 11 is 0. The van der Waals surface area contributed by atoms with Crippen molar-refractivity contribution < 1.29 is 97.5 Å². The predicted molar refractivity (Wildman–Crippen MR) is 279 cm³/mol. The van der Waals surface area contributed by atoms with Crippen molar-refractivity contribution in [1.82, 2.24) is 30.7 Å². The van der Waals surface area contributed by atoms with Gasteiger partial charge in [-0.25, -0.2) is 23.6 Å². The molecular formula is C54H54FN7O20.